The van der Waals surface area contributed by atoms with E-state index in [1.54, 1.807) is 12.3 Å². The molecule has 94 valence electrons. The molecule has 0 saturated carbocycles. The van der Waals surface area contributed by atoms with Gasteiger partial charge in [-0.3, -0.25) is 4.98 Å². The molecule has 0 amide bonds. The van der Waals surface area contributed by atoms with Crippen LogP contribution in [-0.4, -0.2) is 15.0 Å². The standard InChI is InChI=1S/C13H6Cl2FN3/c14-11-10(16)12(15)19-13(18-11)8-5-6-17-9-4-2-1-3-7(8)9/h1-6H. The molecule has 19 heavy (non-hydrogen) atoms. The highest BCUT2D eigenvalue weighted by atomic mass is 35.5. The van der Waals surface area contributed by atoms with Crippen LogP contribution < -0.4 is 0 Å². The maximum absolute atomic E-state index is 13.3. The maximum atomic E-state index is 13.3. The van der Waals surface area contributed by atoms with Gasteiger partial charge in [0, 0.05) is 17.1 Å². The summed E-state index contributed by atoms with van der Waals surface area (Å²) in [7, 11) is 0. The van der Waals surface area contributed by atoms with E-state index in [1.807, 2.05) is 24.3 Å². The zero-order chi connectivity index (χ0) is 13.4. The third-order valence-electron chi connectivity index (χ3n) is 2.66. The molecule has 0 N–H and O–H groups in total. The summed E-state index contributed by atoms with van der Waals surface area (Å²) in [6.07, 6.45) is 1.63. The summed E-state index contributed by atoms with van der Waals surface area (Å²) < 4.78 is 13.3. The number of hydrogen-bond acceptors (Lipinski definition) is 3. The molecule has 0 saturated heterocycles. The van der Waals surface area contributed by atoms with Crippen LogP contribution in [0.2, 0.25) is 10.3 Å². The van der Waals surface area contributed by atoms with Crippen molar-refractivity contribution in [3.05, 3.63) is 52.7 Å². The normalized spacial score (nSPS) is 10.9. The van der Waals surface area contributed by atoms with Gasteiger partial charge in [-0.2, -0.15) is 0 Å². The highest BCUT2D eigenvalue weighted by Gasteiger charge is 2.14. The summed E-state index contributed by atoms with van der Waals surface area (Å²) in [6, 6.07) is 9.24. The summed E-state index contributed by atoms with van der Waals surface area (Å²) in [6.45, 7) is 0. The molecule has 6 heteroatoms. The van der Waals surface area contributed by atoms with Crippen LogP contribution in [0.15, 0.2) is 36.5 Å². The highest BCUT2D eigenvalue weighted by molar-refractivity contribution is 6.33. The number of hydrogen-bond donors (Lipinski definition) is 0. The van der Waals surface area contributed by atoms with E-state index in [0.29, 0.717) is 5.56 Å². The molecule has 0 fully saturated rings. The van der Waals surface area contributed by atoms with Crippen molar-refractivity contribution >= 4 is 34.1 Å². The number of rotatable bonds is 1. The molecule has 0 aliphatic heterocycles. The zero-order valence-corrected chi connectivity index (χ0v) is 11.0. The van der Waals surface area contributed by atoms with Crippen LogP contribution in [0.1, 0.15) is 0 Å². The smallest absolute Gasteiger partial charge is 0.197 e. The van der Waals surface area contributed by atoms with Crippen molar-refractivity contribution < 1.29 is 4.39 Å². The van der Waals surface area contributed by atoms with Crippen molar-refractivity contribution in [2.45, 2.75) is 0 Å². The van der Waals surface area contributed by atoms with Gasteiger partial charge in [-0.05, 0) is 12.1 Å². The van der Waals surface area contributed by atoms with Crippen molar-refractivity contribution in [2.24, 2.45) is 0 Å². The Hall–Kier alpha value is -1.78. The van der Waals surface area contributed by atoms with Gasteiger partial charge in [0.1, 0.15) is 0 Å². The van der Waals surface area contributed by atoms with Crippen LogP contribution >= 0.6 is 23.2 Å². The molecular formula is C13H6Cl2FN3. The van der Waals surface area contributed by atoms with E-state index < -0.39 is 5.82 Å². The maximum Gasteiger partial charge on any atom is 0.197 e. The van der Waals surface area contributed by atoms with Gasteiger partial charge in [-0.1, -0.05) is 41.4 Å². The van der Waals surface area contributed by atoms with Gasteiger partial charge >= 0.3 is 0 Å². The summed E-state index contributed by atoms with van der Waals surface area (Å²) >= 11 is 11.4. The molecule has 0 aliphatic carbocycles. The first-order valence-corrected chi connectivity index (χ1v) is 6.15. The summed E-state index contributed by atoms with van der Waals surface area (Å²) in [4.78, 5) is 12.1. The number of benzene rings is 1. The van der Waals surface area contributed by atoms with Crippen molar-refractivity contribution in [1.82, 2.24) is 15.0 Å². The Bertz CT molecular complexity index is 748. The number of nitrogens with zero attached hydrogens (tertiary/aromatic N) is 3. The molecule has 0 unspecified atom stereocenters. The first-order chi connectivity index (χ1) is 9.16. The largest absolute Gasteiger partial charge is 0.256 e. The topological polar surface area (TPSA) is 38.7 Å². The van der Waals surface area contributed by atoms with E-state index in [-0.39, 0.29) is 16.1 Å². The average Bonchev–Trinajstić information content (AvgIpc) is 2.43. The number of para-hydroxylation sites is 1. The Morgan fingerprint density at radius 2 is 1.63 bits per heavy atom. The summed E-state index contributed by atoms with van der Waals surface area (Å²) in [5, 5.41) is 0.260. The van der Waals surface area contributed by atoms with Crippen molar-refractivity contribution in [3.8, 4) is 11.4 Å². The molecule has 2 aromatic heterocycles. The second-order valence-corrected chi connectivity index (χ2v) is 4.53. The Kier molecular flexibility index (Phi) is 3.05. The predicted octanol–water partition coefficient (Wildman–Crippen LogP) is 4.14. The molecule has 3 nitrogen and oxygen atoms in total. The molecule has 3 rings (SSSR count). The van der Waals surface area contributed by atoms with Gasteiger partial charge < -0.3 is 0 Å². The number of halogens is 3. The second kappa shape index (κ2) is 4.72. The Labute approximate surface area is 118 Å². The van der Waals surface area contributed by atoms with Crippen LogP contribution in [-0.2, 0) is 0 Å². The third-order valence-corrected chi connectivity index (χ3v) is 3.16. The van der Waals surface area contributed by atoms with Gasteiger partial charge in [-0.25, -0.2) is 14.4 Å². The molecule has 3 aromatic rings. The van der Waals surface area contributed by atoms with E-state index >= 15 is 0 Å². The minimum atomic E-state index is -0.814. The molecule has 0 aliphatic rings. The molecular weight excluding hydrogens is 288 g/mol. The SMILES string of the molecule is Fc1c(Cl)nc(-c2ccnc3ccccc23)nc1Cl. The van der Waals surface area contributed by atoms with Crippen LogP contribution in [0.25, 0.3) is 22.3 Å². The Morgan fingerprint density at radius 3 is 2.37 bits per heavy atom. The van der Waals surface area contributed by atoms with Crippen LogP contribution in [0.3, 0.4) is 0 Å². The first kappa shape index (κ1) is 12.3. The van der Waals surface area contributed by atoms with Gasteiger partial charge in [0.2, 0.25) is 0 Å². The fourth-order valence-electron chi connectivity index (χ4n) is 1.81. The fraction of sp³-hybridized carbons (Fsp3) is 0. The van der Waals surface area contributed by atoms with Crippen molar-refractivity contribution in [1.29, 1.82) is 0 Å². The van der Waals surface area contributed by atoms with E-state index in [2.05, 4.69) is 15.0 Å². The molecule has 0 radical (unpaired) electrons. The predicted molar refractivity (Wildman–Crippen MR) is 72.7 cm³/mol. The lowest BCUT2D eigenvalue weighted by Gasteiger charge is -2.06. The second-order valence-electron chi connectivity index (χ2n) is 3.82. The number of aromatic nitrogens is 3. The molecule has 0 atom stereocenters. The fourth-order valence-corrected chi connectivity index (χ4v) is 2.19. The van der Waals surface area contributed by atoms with Crippen molar-refractivity contribution in [2.75, 3.05) is 0 Å². The van der Waals surface area contributed by atoms with Crippen LogP contribution in [0, 0.1) is 5.82 Å². The lowest BCUT2D eigenvalue weighted by molar-refractivity contribution is 0.615. The monoisotopic (exact) mass is 293 g/mol. The minimum absolute atomic E-state index is 0.273. The van der Waals surface area contributed by atoms with Gasteiger partial charge in [-0.15, -0.1) is 0 Å². The van der Waals surface area contributed by atoms with Gasteiger partial charge in [0.15, 0.2) is 21.9 Å². The Balaban J connectivity index is 2.31. The number of fused-ring (bicyclic) bond motifs is 1. The summed E-state index contributed by atoms with van der Waals surface area (Å²) in [5.41, 5.74) is 1.49. The molecule has 1 aromatic carbocycles. The van der Waals surface area contributed by atoms with E-state index in [0.717, 1.165) is 10.9 Å². The lowest BCUT2D eigenvalue weighted by Crippen LogP contribution is -1.95. The number of pyridine rings is 1. The minimum Gasteiger partial charge on any atom is -0.256 e. The van der Waals surface area contributed by atoms with Crippen LogP contribution in [0.4, 0.5) is 4.39 Å². The van der Waals surface area contributed by atoms with Crippen LogP contribution in [0.5, 0.6) is 0 Å². The quantitative estimate of drug-likeness (QED) is 0.633. The third kappa shape index (κ3) is 2.13. The van der Waals surface area contributed by atoms with Gasteiger partial charge in [0.25, 0.3) is 0 Å². The molecule has 0 bridgehead atoms. The first-order valence-electron chi connectivity index (χ1n) is 5.39. The van der Waals surface area contributed by atoms with E-state index in [1.165, 1.54) is 0 Å². The van der Waals surface area contributed by atoms with E-state index in [9.17, 15) is 4.39 Å². The average molecular weight is 294 g/mol. The highest BCUT2D eigenvalue weighted by Crippen LogP contribution is 2.28. The molecule has 2 heterocycles. The van der Waals surface area contributed by atoms with E-state index in [4.69, 9.17) is 23.2 Å². The molecule has 0 spiro atoms. The lowest BCUT2D eigenvalue weighted by atomic mass is 10.1. The van der Waals surface area contributed by atoms with Crippen molar-refractivity contribution in [3.63, 3.8) is 0 Å². The summed E-state index contributed by atoms with van der Waals surface area (Å²) in [5.74, 6) is -0.541. The van der Waals surface area contributed by atoms with Gasteiger partial charge in [0.05, 0.1) is 5.52 Å². The zero-order valence-electron chi connectivity index (χ0n) is 9.44. The Morgan fingerprint density at radius 1 is 0.947 bits per heavy atom.